The van der Waals surface area contributed by atoms with E-state index in [1.165, 1.54) is 17.5 Å². The second-order valence-electron chi connectivity index (χ2n) is 8.64. The Morgan fingerprint density at radius 3 is 2.68 bits per heavy atom. The number of thiazole rings is 1. The summed E-state index contributed by atoms with van der Waals surface area (Å²) >= 11 is 1.54. The van der Waals surface area contributed by atoms with Gasteiger partial charge < -0.3 is 14.6 Å². The lowest BCUT2D eigenvalue weighted by Gasteiger charge is -2.15. The normalized spacial score (nSPS) is 12.1. The number of nitrogens with one attached hydrogen (secondary N) is 1. The van der Waals surface area contributed by atoms with Gasteiger partial charge in [-0.25, -0.2) is 19.9 Å². The quantitative estimate of drug-likeness (QED) is 0.301. The van der Waals surface area contributed by atoms with Crippen molar-refractivity contribution in [1.82, 2.24) is 29.8 Å². The summed E-state index contributed by atoms with van der Waals surface area (Å²) < 4.78 is 7.67. The molecule has 1 N–H and O–H groups in total. The van der Waals surface area contributed by atoms with Crippen LogP contribution in [0.15, 0.2) is 85.5 Å². The van der Waals surface area contributed by atoms with E-state index in [2.05, 4.69) is 26.3 Å². The second kappa shape index (κ2) is 9.44. The summed E-state index contributed by atoms with van der Waals surface area (Å²) in [5, 5.41) is 3.92. The van der Waals surface area contributed by atoms with Gasteiger partial charge in [0.1, 0.15) is 26.6 Å². The molecular weight excluding hydrogens is 484 g/mol. The first kappa shape index (κ1) is 22.8. The van der Waals surface area contributed by atoms with Crippen LogP contribution in [-0.2, 0) is 7.05 Å². The molecule has 0 aliphatic rings. The number of pyridine rings is 2. The maximum absolute atomic E-state index is 12.9. The number of imidazole rings is 1. The number of carbonyl (C=O) groups excluding carboxylic acids is 1. The van der Waals surface area contributed by atoms with Gasteiger partial charge in [0, 0.05) is 24.9 Å². The van der Waals surface area contributed by atoms with Gasteiger partial charge in [-0.2, -0.15) is 0 Å². The molecule has 6 rings (SSSR count). The minimum Gasteiger partial charge on any atom is -0.439 e. The Hall–Kier alpha value is -4.63. The third-order valence-corrected chi connectivity index (χ3v) is 7.06. The highest BCUT2D eigenvalue weighted by Crippen LogP contribution is 2.33. The maximum atomic E-state index is 12.9. The van der Waals surface area contributed by atoms with E-state index >= 15 is 0 Å². The van der Waals surface area contributed by atoms with E-state index in [4.69, 9.17) is 9.72 Å². The van der Waals surface area contributed by atoms with E-state index in [9.17, 15) is 4.79 Å². The summed E-state index contributed by atoms with van der Waals surface area (Å²) in [5.41, 5.74) is 5.04. The van der Waals surface area contributed by atoms with Crippen molar-refractivity contribution >= 4 is 38.6 Å². The molecule has 0 spiro atoms. The van der Waals surface area contributed by atoms with Gasteiger partial charge in [-0.3, -0.25) is 4.79 Å². The fourth-order valence-electron chi connectivity index (χ4n) is 4.12. The van der Waals surface area contributed by atoms with Crippen molar-refractivity contribution in [3.63, 3.8) is 0 Å². The van der Waals surface area contributed by atoms with Crippen molar-refractivity contribution in [2.45, 2.75) is 13.0 Å². The number of hydrogen-bond donors (Lipinski definition) is 1. The Morgan fingerprint density at radius 1 is 1.00 bits per heavy atom. The third kappa shape index (κ3) is 4.52. The van der Waals surface area contributed by atoms with Crippen LogP contribution in [0, 0.1) is 0 Å². The zero-order valence-electron chi connectivity index (χ0n) is 20.1. The molecule has 8 nitrogen and oxygen atoms in total. The van der Waals surface area contributed by atoms with Crippen LogP contribution in [0.3, 0.4) is 0 Å². The lowest BCUT2D eigenvalue weighted by Crippen LogP contribution is -2.26. The minimum atomic E-state index is -0.219. The maximum Gasteiger partial charge on any atom is 0.253 e. The van der Waals surface area contributed by atoms with Gasteiger partial charge in [-0.05, 0) is 36.8 Å². The van der Waals surface area contributed by atoms with E-state index in [0.29, 0.717) is 17.2 Å². The van der Waals surface area contributed by atoms with Gasteiger partial charge >= 0.3 is 0 Å². The summed E-state index contributed by atoms with van der Waals surface area (Å²) in [7, 11) is 1.96. The molecule has 4 heterocycles. The van der Waals surface area contributed by atoms with Crippen LogP contribution in [-0.4, -0.2) is 30.4 Å². The number of para-hydroxylation sites is 1. The Morgan fingerprint density at radius 2 is 1.86 bits per heavy atom. The summed E-state index contributed by atoms with van der Waals surface area (Å²) in [6.45, 7) is 1.95. The zero-order chi connectivity index (χ0) is 25.4. The van der Waals surface area contributed by atoms with E-state index in [1.54, 1.807) is 24.7 Å². The number of aromatic nitrogens is 5. The predicted molar refractivity (Wildman–Crippen MR) is 144 cm³/mol. The van der Waals surface area contributed by atoms with Crippen molar-refractivity contribution in [2.24, 2.45) is 7.05 Å². The number of rotatable bonds is 6. The number of aryl methyl sites for hydroxylation is 1. The van der Waals surface area contributed by atoms with Crippen molar-refractivity contribution in [3.8, 4) is 22.2 Å². The average Bonchev–Trinajstić information content (AvgIpc) is 3.53. The molecule has 1 amide bonds. The molecule has 37 heavy (non-hydrogen) atoms. The van der Waals surface area contributed by atoms with E-state index in [-0.39, 0.29) is 11.9 Å². The van der Waals surface area contributed by atoms with Gasteiger partial charge in [0.2, 0.25) is 5.88 Å². The largest absolute Gasteiger partial charge is 0.439 e. The van der Waals surface area contributed by atoms with E-state index in [1.807, 2.05) is 67.1 Å². The van der Waals surface area contributed by atoms with Crippen molar-refractivity contribution in [2.75, 3.05) is 0 Å². The summed E-state index contributed by atoms with van der Waals surface area (Å²) in [6, 6.07) is 20.6. The van der Waals surface area contributed by atoms with Crippen molar-refractivity contribution < 1.29 is 9.53 Å². The summed E-state index contributed by atoms with van der Waals surface area (Å²) in [6.07, 6.45) is 5.07. The van der Waals surface area contributed by atoms with Crippen LogP contribution in [0.4, 0.5) is 0 Å². The first-order valence-corrected chi connectivity index (χ1v) is 12.5. The number of ether oxygens (including phenoxy) is 1. The van der Waals surface area contributed by atoms with Crippen LogP contribution >= 0.6 is 11.3 Å². The number of carbonyl (C=O) groups is 1. The standard InChI is InChI=1S/C28H22N6O2S/c1-17(32-26(35)20-11-12-23(29-14-20)36-21-9-4-3-5-10-21)18-7-6-8-19(13-18)27-33-24-25-22(31-16-34(25)2)15-30-28(24)37-27/h3-17H,1-2H3,(H,32,35)/t17-/m0/s1. The van der Waals surface area contributed by atoms with Gasteiger partial charge in [0.05, 0.1) is 29.6 Å². The lowest BCUT2D eigenvalue weighted by atomic mass is 10.0. The Bertz CT molecular complexity index is 1730. The second-order valence-corrected chi connectivity index (χ2v) is 9.62. The molecule has 0 radical (unpaired) electrons. The minimum absolute atomic E-state index is 0.209. The first-order chi connectivity index (χ1) is 18.0. The highest BCUT2D eigenvalue weighted by atomic mass is 32.1. The molecule has 0 saturated carbocycles. The lowest BCUT2D eigenvalue weighted by molar-refractivity contribution is 0.0939. The number of amides is 1. The molecule has 4 aromatic heterocycles. The number of nitrogens with zero attached hydrogens (tertiary/aromatic N) is 5. The van der Waals surface area contributed by atoms with E-state index < -0.39 is 0 Å². The third-order valence-electron chi connectivity index (χ3n) is 6.05. The number of hydrogen-bond acceptors (Lipinski definition) is 7. The van der Waals surface area contributed by atoms with Gasteiger partial charge in [-0.15, -0.1) is 0 Å². The SMILES string of the molecule is C[C@H](NC(=O)c1ccc(Oc2ccccc2)nc1)c1cccc(-c2nc3c(ncc4ncn(C)c43)s2)c1. The van der Waals surface area contributed by atoms with Gasteiger partial charge in [0.15, 0.2) is 0 Å². The zero-order valence-corrected chi connectivity index (χ0v) is 20.9. The van der Waals surface area contributed by atoms with Crippen LogP contribution in [0.2, 0.25) is 0 Å². The Balaban J connectivity index is 1.19. The molecule has 6 aromatic rings. The fraction of sp³-hybridized carbons (Fsp3) is 0.107. The smallest absolute Gasteiger partial charge is 0.253 e. The van der Waals surface area contributed by atoms with Crippen LogP contribution in [0.5, 0.6) is 11.6 Å². The summed E-state index contributed by atoms with van der Waals surface area (Å²) in [4.78, 5) is 31.8. The van der Waals surface area contributed by atoms with E-state index in [0.717, 1.165) is 37.5 Å². The monoisotopic (exact) mass is 506 g/mol. The van der Waals surface area contributed by atoms with Crippen LogP contribution in [0.1, 0.15) is 28.9 Å². The highest BCUT2D eigenvalue weighted by Gasteiger charge is 2.16. The molecule has 2 aromatic carbocycles. The molecule has 0 bridgehead atoms. The molecule has 182 valence electrons. The first-order valence-electron chi connectivity index (χ1n) is 11.7. The summed E-state index contributed by atoms with van der Waals surface area (Å²) in [5.74, 6) is 0.908. The topological polar surface area (TPSA) is 94.8 Å². The molecule has 0 aliphatic heterocycles. The number of benzene rings is 2. The molecule has 0 fully saturated rings. The van der Waals surface area contributed by atoms with Crippen LogP contribution < -0.4 is 10.1 Å². The fourth-order valence-corrected chi connectivity index (χ4v) is 5.03. The van der Waals surface area contributed by atoms with Crippen molar-refractivity contribution in [1.29, 1.82) is 0 Å². The molecule has 0 unspecified atom stereocenters. The molecule has 0 aliphatic carbocycles. The Labute approximate surface area is 216 Å². The van der Waals surface area contributed by atoms with Gasteiger partial charge in [-0.1, -0.05) is 47.7 Å². The van der Waals surface area contributed by atoms with Gasteiger partial charge in [0.25, 0.3) is 5.91 Å². The molecular formula is C28H22N6O2S. The highest BCUT2D eigenvalue weighted by molar-refractivity contribution is 7.21. The molecule has 0 saturated heterocycles. The molecule has 1 atom stereocenters. The van der Waals surface area contributed by atoms with Crippen molar-refractivity contribution in [3.05, 3.63) is 96.6 Å². The molecule has 9 heteroatoms. The average molecular weight is 507 g/mol. The van der Waals surface area contributed by atoms with Crippen LogP contribution in [0.25, 0.3) is 32.0 Å². The predicted octanol–water partition coefficient (Wildman–Crippen LogP) is 5.92. The Kier molecular flexibility index (Phi) is 5.82. The number of fused-ring (bicyclic) bond motifs is 3.